The lowest BCUT2D eigenvalue weighted by atomic mass is 10.1. The molecule has 2 rings (SSSR count). The molecular weight excluding hydrogens is 282 g/mol. The summed E-state index contributed by atoms with van der Waals surface area (Å²) in [5.41, 5.74) is -0.0984. The molecule has 0 aliphatic heterocycles. The number of methoxy groups -OCH3 is 1. The van der Waals surface area contributed by atoms with E-state index >= 15 is 0 Å². The summed E-state index contributed by atoms with van der Waals surface area (Å²) in [4.78, 5) is 23.3. The fraction of sp³-hybridized carbons (Fsp3) is 0.429. The Balaban J connectivity index is 2.18. The molecule has 0 aromatic heterocycles. The van der Waals surface area contributed by atoms with Crippen molar-refractivity contribution in [3.8, 4) is 5.75 Å². The minimum absolute atomic E-state index is 0.331. The highest BCUT2D eigenvalue weighted by molar-refractivity contribution is 6.31. The van der Waals surface area contributed by atoms with Crippen molar-refractivity contribution in [3.63, 3.8) is 0 Å². The molecule has 1 aromatic carbocycles. The van der Waals surface area contributed by atoms with Crippen LogP contribution in [0, 0.1) is 17.3 Å². The third-order valence-corrected chi connectivity index (χ3v) is 4.03. The molecule has 1 fully saturated rings. The zero-order valence-corrected chi connectivity index (χ0v) is 12.2. The van der Waals surface area contributed by atoms with Gasteiger partial charge in [-0.05, 0) is 23.6 Å². The largest absolute Gasteiger partial charge is 0.495 e. The predicted octanol–water partition coefficient (Wildman–Crippen LogP) is 2.64. The lowest BCUT2D eigenvalue weighted by molar-refractivity contribution is -0.140. The van der Waals surface area contributed by atoms with Gasteiger partial charge in [0, 0.05) is 5.02 Å². The minimum Gasteiger partial charge on any atom is -0.495 e. The highest BCUT2D eigenvalue weighted by Gasteiger charge is 2.65. The van der Waals surface area contributed by atoms with Gasteiger partial charge in [-0.2, -0.15) is 0 Å². The van der Waals surface area contributed by atoms with Crippen LogP contribution in [-0.2, 0) is 9.59 Å². The summed E-state index contributed by atoms with van der Waals surface area (Å²) >= 11 is 5.89. The van der Waals surface area contributed by atoms with Gasteiger partial charge in [0.2, 0.25) is 5.91 Å². The van der Waals surface area contributed by atoms with Crippen molar-refractivity contribution < 1.29 is 19.4 Å². The van der Waals surface area contributed by atoms with E-state index in [1.54, 1.807) is 32.0 Å². The number of halogens is 1. The first-order chi connectivity index (χ1) is 9.28. The first-order valence-electron chi connectivity index (χ1n) is 6.16. The smallest absolute Gasteiger partial charge is 0.307 e. The van der Waals surface area contributed by atoms with Gasteiger partial charge in [0.25, 0.3) is 0 Å². The van der Waals surface area contributed by atoms with Crippen molar-refractivity contribution in [2.75, 3.05) is 12.4 Å². The molecule has 0 saturated heterocycles. The third-order valence-electron chi connectivity index (χ3n) is 3.80. The fourth-order valence-corrected chi connectivity index (χ4v) is 2.75. The second kappa shape index (κ2) is 4.98. The van der Waals surface area contributed by atoms with Gasteiger partial charge in [0.15, 0.2) is 0 Å². The average Bonchev–Trinajstić information content (AvgIpc) is 2.93. The molecule has 1 aliphatic rings. The number of carboxylic acid groups (broad SMARTS) is 1. The number of ether oxygens (including phenoxy) is 1. The number of aliphatic carboxylic acids is 1. The highest BCUT2D eigenvalue weighted by atomic mass is 35.5. The molecule has 0 bridgehead atoms. The number of nitrogens with one attached hydrogen (secondary N) is 1. The van der Waals surface area contributed by atoms with Crippen LogP contribution >= 0.6 is 11.6 Å². The van der Waals surface area contributed by atoms with Crippen LogP contribution in [0.15, 0.2) is 18.2 Å². The van der Waals surface area contributed by atoms with Crippen LogP contribution in [-0.4, -0.2) is 24.1 Å². The fourth-order valence-electron chi connectivity index (χ4n) is 2.58. The monoisotopic (exact) mass is 297 g/mol. The Kier molecular flexibility index (Phi) is 3.65. The van der Waals surface area contributed by atoms with Crippen LogP contribution in [0.1, 0.15) is 13.8 Å². The quantitative estimate of drug-likeness (QED) is 0.896. The summed E-state index contributed by atoms with van der Waals surface area (Å²) in [5.74, 6) is -2.01. The molecule has 6 heteroatoms. The molecule has 0 heterocycles. The average molecular weight is 298 g/mol. The van der Waals surface area contributed by atoms with Crippen LogP contribution in [0.2, 0.25) is 5.02 Å². The Morgan fingerprint density at radius 3 is 2.50 bits per heavy atom. The molecule has 1 amide bonds. The van der Waals surface area contributed by atoms with Gasteiger partial charge in [0.05, 0.1) is 24.6 Å². The molecule has 1 saturated carbocycles. The van der Waals surface area contributed by atoms with Crippen molar-refractivity contribution in [2.45, 2.75) is 13.8 Å². The second-order valence-electron chi connectivity index (χ2n) is 5.45. The van der Waals surface area contributed by atoms with Crippen LogP contribution in [0.3, 0.4) is 0 Å². The van der Waals surface area contributed by atoms with Gasteiger partial charge in [-0.25, -0.2) is 0 Å². The lowest BCUT2D eigenvalue weighted by Gasteiger charge is -2.11. The maximum atomic E-state index is 12.2. The molecular formula is C14H16ClNO4. The van der Waals surface area contributed by atoms with E-state index in [-0.39, 0.29) is 5.91 Å². The number of hydrogen-bond acceptors (Lipinski definition) is 3. The molecule has 0 radical (unpaired) electrons. The van der Waals surface area contributed by atoms with Crippen LogP contribution in [0.5, 0.6) is 5.75 Å². The van der Waals surface area contributed by atoms with Gasteiger partial charge in [-0.1, -0.05) is 25.4 Å². The normalized spacial score (nSPS) is 23.0. The first kappa shape index (κ1) is 14.7. The topological polar surface area (TPSA) is 75.6 Å². The van der Waals surface area contributed by atoms with E-state index in [0.29, 0.717) is 16.5 Å². The summed E-state index contributed by atoms with van der Waals surface area (Å²) in [6.45, 7) is 3.54. The molecule has 1 aliphatic carbocycles. The van der Waals surface area contributed by atoms with Crippen molar-refractivity contribution in [1.29, 1.82) is 0 Å². The van der Waals surface area contributed by atoms with Gasteiger partial charge in [-0.3, -0.25) is 9.59 Å². The van der Waals surface area contributed by atoms with E-state index in [2.05, 4.69) is 5.32 Å². The Morgan fingerprint density at radius 1 is 1.35 bits per heavy atom. The third kappa shape index (κ3) is 2.45. The molecule has 20 heavy (non-hydrogen) atoms. The van der Waals surface area contributed by atoms with Crippen LogP contribution in [0.4, 0.5) is 5.69 Å². The SMILES string of the molecule is COc1ccc(Cl)cc1NC(=O)C1C(C(=O)O)C1(C)C. The number of carbonyl (C=O) groups excluding carboxylic acids is 1. The summed E-state index contributed by atoms with van der Waals surface area (Å²) in [5, 5.41) is 12.3. The molecule has 5 nitrogen and oxygen atoms in total. The summed E-state index contributed by atoms with van der Waals surface area (Å²) in [7, 11) is 1.49. The lowest BCUT2D eigenvalue weighted by Crippen LogP contribution is -2.18. The Hall–Kier alpha value is -1.75. The standard InChI is InChI=1S/C14H16ClNO4/c1-14(2)10(11(14)13(18)19)12(17)16-8-6-7(15)4-5-9(8)20-3/h4-6,10-11H,1-3H3,(H,16,17)(H,18,19). The van der Waals surface area contributed by atoms with Gasteiger partial charge in [-0.15, -0.1) is 0 Å². The second-order valence-corrected chi connectivity index (χ2v) is 5.89. The number of carboxylic acids is 1. The minimum atomic E-state index is -0.951. The number of anilines is 1. The van der Waals surface area contributed by atoms with Gasteiger partial charge >= 0.3 is 5.97 Å². The zero-order valence-electron chi connectivity index (χ0n) is 11.4. The van der Waals surface area contributed by atoms with E-state index in [0.717, 1.165) is 0 Å². The molecule has 1 aromatic rings. The van der Waals surface area contributed by atoms with Crippen molar-refractivity contribution in [3.05, 3.63) is 23.2 Å². The Bertz CT molecular complexity index is 570. The zero-order chi connectivity index (χ0) is 15.1. The van der Waals surface area contributed by atoms with E-state index in [1.165, 1.54) is 7.11 Å². The maximum absolute atomic E-state index is 12.2. The summed E-state index contributed by atoms with van der Waals surface area (Å²) < 4.78 is 5.14. The van der Waals surface area contributed by atoms with Crippen LogP contribution in [0.25, 0.3) is 0 Å². The molecule has 0 spiro atoms. The summed E-state index contributed by atoms with van der Waals surface area (Å²) in [6.07, 6.45) is 0. The van der Waals surface area contributed by atoms with Gasteiger partial charge < -0.3 is 15.2 Å². The number of benzene rings is 1. The van der Waals surface area contributed by atoms with Crippen molar-refractivity contribution in [1.82, 2.24) is 0 Å². The van der Waals surface area contributed by atoms with Crippen molar-refractivity contribution >= 4 is 29.2 Å². The summed E-state index contributed by atoms with van der Waals surface area (Å²) in [6, 6.07) is 4.87. The van der Waals surface area contributed by atoms with E-state index < -0.39 is 23.2 Å². The van der Waals surface area contributed by atoms with Crippen LogP contribution < -0.4 is 10.1 Å². The van der Waals surface area contributed by atoms with E-state index in [9.17, 15) is 9.59 Å². The highest BCUT2D eigenvalue weighted by Crippen LogP contribution is 2.58. The molecule has 2 unspecified atom stereocenters. The molecule has 2 N–H and O–H groups in total. The number of carbonyl (C=O) groups is 2. The predicted molar refractivity (Wildman–Crippen MR) is 75.0 cm³/mol. The maximum Gasteiger partial charge on any atom is 0.307 e. The van der Waals surface area contributed by atoms with Gasteiger partial charge in [0.1, 0.15) is 5.75 Å². The molecule has 2 atom stereocenters. The first-order valence-corrected chi connectivity index (χ1v) is 6.54. The Labute approximate surface area is 121 Å². The van der Waals surface area contributed by atoms with E-state index in [1.807, 2.05) is 0 Å². The number of hydrogen-bond donors (Lipinski definition) is 2. The number of amides is 1. The number of rotatable bonds is 4. The Morgan fingerprint density at radius 2 is 2.00 bits per heavy atom. The van der Waals surface area contributed by atoms with E-state index in [4.69, 9.17) is 21.4 Å². The molecule has 108 valence electrons. The van der Waals surface area contributed by atoms with Crippen molar-refractivity contribution in [2.24, 2.45) is 17.3 Å².